The molecule has 0 radical (unpaired) electrons. The van der Waals surface area contributed by atoms with E-state index >= 15 is 0 Å². The molecular formula is C16H15NO2S. The van der Waals surface area contributed by atoms with Crippen LogP contribution in [0.5, 0.6) is 0 Å². The number of rotatable bonds is 3. The van der Waals surface area contributed by atoms with E-state index in [0.717, 1.165) is 22.9 Å². The molecule has 0 aliphatic heterocycles. The summed E-state index contributed by atoms with van der Waals surface area (Å²) < 4.78 is 24.8. The van der Waals surface area contributed by atoms with Crippen molar-refractivity contribution in [3.63, 3.8) is 0 Å². The summed E-state index contributed by atoms with van der Waals surface area (Å²) in [5.41, 5.74) is 2.62. The van der Waals surface area contributed by atoms with Gasteiger partial charge in [-0.25, -0.2) is 13.1 Å². The van der Waals surface area contributed by atoms with Gasteiger partial charge < -0.3 is 0 Å². The highest BCUT2D eigenvalue weighted by atomic mass is 32.2. The van der Waals surface area contributed by atoms with E-state index in [4.69, 9.17) is 0 Å². The second-order valence-corrected chi connectivity index (χ2v) is 6.20. The Kier molecular flexibility index (Phi) is 4.57. The Morgan fingerprint density at radius 2 is 1.60 bits per heavy atom. The van der Waals surface area contributed by atoms with Crippen LogP contribution < -0.4 is 4.72 Å². The molecule has 3 nitrogen and oxygen atoms in total. The standard InChI is InChI=1S/C16H15NO2S/c1-20(18,19)17-13-16-10-6-5-9-15(16)12-11-14-7-3-2-4-8-14/h2-10,17H,13H2,1H3. The summed E-state index contributed by atoms with van der Waals surface area (Å²) in [5.74, 6) is 6.15. The van der Waals surface area contributed by atoms with Crippen molar-refractivity contribution in [1.29, 1.82) is 0 Å². The number of hydrogen-bond donors (Lipinski definition) is 1. The van der Waals surface area contributed by atoms with Gasteiger partial charge in [0.05, 0.1) is 6.26 Å². The molecule has 0 saturated carbocycles. The maximum atomic E-state index is 11.1. The van der Waals surface area contributed by atoms with E-state index < -0.39 is 10.0 Å². The molecule has 0 spiro atoms. The first-order valence-electron chi connectivity index (χ1n) is 6.14. The topological polar surface area (TPSA) is 46.2 Å². The molecule has 20 heavy (non-hydrogen) atoms. The highest BCUT2D eigenvalue weighted by Gasteiger charge is 2.03. The first kappa shape index (κ1) is 14.3. The van der Waals surface area contributed by atoms with Crippen LogP contribution in [0.25, 0.3) is 0 Å². The molecule has 0 amide bonds. The molecule has 102 valence electrons. The summed E-state index contributed by atoms with van der Waals surface area (Å²) >= 11 is 0. The Morgan fingerprint density at radius 3 is 2.30 bits per heavy atom. The van der Waals surface area contributed by atoms with Crippen molar-refractivity contribution in [1.82, 2.24) is 4.72 Å². The largest absolute Gasteiger partial charge is 0.213 e. The molecule has 0 atom stereocenters. The fraction of sp³-hybridized carbons (Fsp3) is 0.125. The molecule has 4 heteroatoms. The summed E-state index contributed by atoms with van der Waals surface area (Å²) in [6.45, 7) is 0.248. The van der Waals surface area contributed by atoms with Gasteiger partial charge >= 0.3 is 0 Å². The van der Waals surface area contributed by atoms with Gasteiger partial charge in [0.15, 0.2) is 0 Å². The lowest BCUT2D eigenvalue weighted by molar-refractivity contribution is 0.587. The van der Waals surface area contributed by atoms with Crippen molar-refractivity contribution in [2.45, 2.75) is 6.54 Å². The second-order valence-electron chi connectivity index (χ2n) is 4.37. The van der Waals surface area contributed by atoms with Crippen LogP contribution in [0.15, 0.2) is 54.6 Å². The molecule has 0 aromatic heterocycles. The molecule has 2 rings (SSSR count). The van der Waals surface area contributed by atoms with Crippen LogP contribution in [0.1, 0.15) is 16.7 Å². The van der Waals surface area contributed by atoms with Crippen LogP contribution in [0.2, 0.25) is 0 Å². The molecule has 0 aliphatic carbocycles. The predicted octanol–water partition coefficient (Wildman–Crippen LogP) is 2.14. The van der Waals surface area contributed by atoms with Crippen molar-refractivity contribution in [2.75, 3.05) is 6.26 Å². The van der Waals surface area contributed by atoms with Gasteiger partial charge in [-0.2, -0.15) is 0 Å². The molecule has 0 fully saturated rings. The number of nitrogens with one attached hydrogen (secondary N) is 1. The third-order valence-corrected chi connectivity index (χ3v) is 3.33. The van der Waals surface area contributed by atoms with Crippen molar-refractivity contribution in [2.24, 2.45) is 0 Å². The molecular weight excluding hydrogens is 270 g/mol. The lowest BCUT2D eigenvalue weighted by Gasteiger charge is -2.04. The summed E-state index contributed by atoms with van der Waals surface area (Å²) in [7, 11) is -3.20. The summed E-state index contributed by atoms with van der Waals surface area (Å²) in [6.07, 6.45) is 1.14. The minimum absolute atomic E-state index is 0.248. The molecule has 0 unspecified atom stereocenters. The Labute approximate surface area is 119 Å². The molecule has 0 bridgehead atoms. The Hall–Kier alpha value is -2.09. The van der Waals surface area contributed by atoms with E-state index in [1.54, 1.807) is 0 Å². The monoisotopic (exact) mass is 285 g/mol. The first-order chi connectivity index (χ1) is 9.54. The van der Waals surface area contributed by atoms with Crippen LogP contribution in [-0.4, -0.2) is 14.7 Å². The maximum absolute atomic E-state index is 11.1. The van der Waals surface area contributed by atoms with E-state index in [1.807, 2.05) is 54.6 Å². The third kappa shape index (κ3) is 4.54. The average molecular weight is 285 g/mol. The van der Waals surface area contributed by atoms with Crippen LogP contribution in [0.3, 0.4) is 0 Å². The average Bonchev–Trinajstić information content (AvgIpc) is 2.44. The van der Waals surface area contributed by atoms with Gasteiger partial charge in [0.1, 0.15) is 0 Å². The zero-order valence-electron chi connectivity index (χ0n) is 11.1. The van der Waals surface area contributed by atoms with E-state index in [-0.39, 0.29) is 6.54 Å². The number of benzene rings is 2. The molecule has 1 N–H and O–H groups in total. The Balaban J connectivity index is 2.23. The summed E-state index contributed by atoms with van der Waals surface area (Å²) in [5, 5.41) is 0. The lowest BCUT2D eigenvalue weighted by Crippen LogP contribution is -2.21. The Bertz CT molecular complexity index is 741. The molecule has 2 aromatic rings. The van der Waals surface area contributed by atoms with E-state index in [0.29, 0.717) is 0 Å². The van der Waals surface area contributed by atoms with Crippen LogP contribution in [0, 0.1) is 11.8 Å². The van der Waals surface area contributed by atoms with Crippen LogP contribution in [-0.2, 0) is 16.6 Å². The quantitative estimate of drug-likeness (QED) is 0.878. The lowest BCUT2D eigenvalue weighted by atomic mass is 10.1. The van der Waals surface area contributed by atoms with Crippen molar-refractivity contribution >= 4 is 10.0 Å². The minimum atomic E-state index is -3.20. The first-order valence-corrected chi connectivity index (χ1v) is 8.03. The van der Waals surface area contributed by atoms with Gasteiger partial charge in [-0.15, -0.1) is 0 Å². The van der Waals surface area contributed by atoms with Crippen molar-refractivity contribution in [3.8, 4) is 11.8 Å². The van der Waals surface area contributed by atoms with E-state index in [9.17, 15) is 8.42 Å². The summed E-state index contributed by atoms with van der Waals surface area (Å²) in [4.78, 5) is 0. The summed E-state index contributed by atoms with van der Waals surface area (Å²) in [6, 6.07) is 17.2. The van der Waals surface area contributed by atoms with E-state index in [2.05, 4.69) is 16.6 Å². The van der Waals surface area contributed by atoms with Crippen LogP contribution >= 0.6 is 0 Å². The normalized spacial score (nSPS) is 10.7. The van der Waals surface area contributed by atoms with Crippen molar-refractivity contribution in [3.05, 3.63) is 71.3 Å². The molecule has 0 heterocycles. The SMILES string of the molecule is CS(=O)(=O)NCc1ccccc1C#Cc1ccccc1. The predicted molar refractivity (Wildman–Crippen MR) is 80.5 cm³/mol. The molecule has 2 aromatic carbocycles. The van der Waals surface area contributed by atoms with Crippen molar-refractivity contribution < 1.29 is 8.42 Å². The minimum Gasteiger partial charge on any atom is -0.213 e. The second kappa shape index (κ2) is 6.38. The Morgan fingerprint density at radius 1 is 0.950 bits per heavy atom. The van der Waals surface area contributed by atoms with E-state index in [1.165, 1.54) is 0 Å². The molecule has 0 aliphatic rings. The highest BCUT2D eigenvalue weighted by molar-refractivity contribution is 7.88. The van der Waals surface area contributed by atoms with Gasteiger partial charge in [0.25, 0.3) is 0 Å². The van der Waals surface area contributed by atoms with Gasteiger partial charge in [-0.1, -0.05) is 48.2 Å². The smallest absolute Gasteiger partial charge is 0.209 e. The van der Waals surface area contributed by atoms with Gasteiger partial charge in [0.2, 0.25) is 10.0 Å². The highest BCUT2D eigenvalue weighted by Crippen LogP contribution is 2.08. The fourth-order valence-corrected chi connectivity index (χ4v) is 2.08. The fourth-order valence-electron chi connectivity index (χ4n) is 1.67. The number of sulfonamides is 1. The third-order valence-electron chi connectivity index (χ3n) is 2.66. The maximum Gasteiger partial charge on any atom is 0.209 e. The zero-order valence-corrected chi connectivity index (χ0v) is 11.9. The van der Waals surface area contributed by atoms with Crippen LogP contribution in [0.4, 0.5) is 0 Å². The number of hydrogen-bond acceptors (Lipinski definition) is 2. The van der Waals surface area contributed by atoms with Gasteiger partial charge in [-0.05, 0) is 23.8 Å². The zero-order chi connectivity index (χ0) is 14.4. The molecule has 0 saturated heterocycles. The van der Waals surface area contributed by atoms with Gasteiger partial charge in [0, 0.05) is 17.7 Å². The van der Waals surface area contributed by atoms with Gasteiger partial charge in [-0.3, -0.25) is 0 Å².